The highest BCUT2D eigenvalue weighted by Crippen LogP contribution is 2.64. The normalized spacial score (nSPS) is 51.3. The maximum Gasteiger partial charge on any atom is 0.139 e. The van der Waals surface area contributed by atoms with Gasteiger partial charge in [0.2, 0.25) is 0 Å². The molecule has 6 atom stereocenters. The van der Waals surface area contributed by atoms with Gasteiger partial charge >= 0.3 is 0 Å². The average Bonchev–Trinajstić information content (AvgIpc) is 2.75. The van der Waals surface area contributed by atoms with Gasteiger partial charge in [0, 0.05) is 37.0 Å². The molecule has 0 heterocycles. The molecule has 0 aliphatic heterocycles. The first kappa shape index (κ1) is 14.6. The Morgan fingerprint density at radius 3 is 2.55 bits per heavy atom. The molecule has 4 rings (SSSR count). The highest BCUT2D eigenvalue weighted by Gasteiger charge is 2.63. The molecule has 3 nitrogen and oxygen atoms in total. The van der Waals surface area contributed by atoms with Crippen LogP contribution in [0.4, 0.5) is 0 Å². The Balaban J connectivity index is 1.72. The van der Waals surface area contributed by atoms with Crippen molar-refractivity contribution in [2.45, 2.75) is 65.2 Å². The fourth-order valence-corrected chi connectivity index (χ4v) is 6.64. The maximum atomic E-state index is 13.0. The Labute approximate surface area is 132 Å². The predicted molar refractivity (Wildman–Crippen MR) is 82.1 cm³/mol. The lowest BCUT2D eigenvalue weighted by atomic mass is 9.45. The minimum absolute atomic E-state index is 0.000871. The van der Waals surface area contributed by atoms with Crippen LogP contribution in [-0.4, -0.2) is 17.3 Å². The van der Waals surface area contributed by atoms with Crippen molar-refractivity contribution in [2.75, 3.05) is 0 Å². The van der Waals surface area contributed by atoms with Crippen LogP contribution in [0.1, 0.15) is 65.2 Å². The summed E-state index contributed by atoms with van der Waals surface area (Å²) >= 11 is 0. The van der Waals surface area contributed by atoms with Gasteiger partial charge in [-0.1, -0.05) is 13.8 Å². The van der Waals surface area contributed by atoms with Crippen LogP contribution < -0.4 is 0 Å². The van der Waals surface area contributed by atoms with Crippen LogP contribution >= 0.6 is 0 Å². The van der Waals surface area contributed by atoms with E-state index in [2.05, 4.69) is 6.92 Å². The molecule has 0 amide bonds. The van der Waals surface area contributed by atoms with Gasteiger partial charge in [-0.15, -0.1) is 0 Å². The van der Waals surface area contributed by atoms with Crippen LogP contribution in [0.25, 0.3) is 0 Å². The van der Waals surface area contributed by atoms with Gasteiger partial charge in [0.1, 0.15) is 17.3 Å². The lowest BCUT2D eigenvalue weighted by Crippen LogP contribution is -2.57. The lowest BCUT2D eigenvalue weighted by Gasteiger charge is -2.58. The van der Waals surface area contributed by atoms with E-state index in [-0.39, 0.29) is 16.7 Å². The van der Waals surface area contributed by atoms with Crippen LogP contribution in [-0.2, 0) is 14.4 Å². The Bertz CT molecular complexity index is 565. The SMILES string of the molecule is C[C@]12CCC(=O)C[C@H]1CC[C@H]1[C@H]2C(=O)C[C@@]2(C)C(=O)CC[C@H]12. The zero-order valence-electron chi connectivity index (χ0n) is 13.7. The van der Waals surface area contributed by atoms with E-state index in [0.29, 0.717) is 60.8 Å². The van der Waals surface area contributed by atoms with Crippen molar-refractivity contribution in [3.05, 3.63) is 0 Å². The largest absolute Gasteiger partial charge is 0.300 e. The molecule has 0 aromatic heterocycles. The van der Waals surface area contributed by atoms with E-state index in [4.69, 9.17) is 0 Å². The summed E-state index contributed by atoms with van der Waals surface area (Å²) in [6.45, 7) is 4.30. The fourth-order valence-electron chi connectivity index (χ4n) is 6.64. The second kappa shape index (κ2) is 4.52. The molecule has 0 saturated heterocycles. The third kappa shape index (κ3) is 1.71. The van der Waals surface area contributed by atoms with Gasteiger partial charge < -0.3 is 0 Å². The molecule has 0 bridgehead atoms. The standard InChI is InChI=1S/C19H26O3/c1-18-8-7-12(20)9-11(18)3-4-13-14-5-6-16(22)19(14,2)10-15(21)17(13)18/h11,13-14,17H,3-10H2,1-2H3/t11-,13-,14-,17+,18+,19-/m1/s1. The minimum atomic E-state index is -0.383. The number of hydrogen-bond acceptors (Lipinski definition) is 3. The molecule has 0 N–H and O–H groups in total. The van der Waals surface area contributed by atoms with E-state index >= 15 is 0 Å². The average molecular weight is 302 g/mol. The first-order valence-corrected chi connectivity index (χ1v) is 8.94. The van der Waals surface area contributed by atoms with E-state index in [1.807, 2.05) is 6.92 Å². The van der Waals surface area contributed by atoms with Crippen molar-refractivity contribution in [3.8, 4) is 0 Å². The molecule has 4 fully saturated rings. The third-order valence-corrected chi connectivity index (χ3v) is 7.88. The molecular formula is C19H26O3. The van der Waals surface area contributed by atoms with Gasteiger partial charge in [0.05, 0.1) is 0 Å². The Morgan fingerprint density at radius 2 is 1.77 bits per heavy atom. The molecule has 0 aromatic carbocycles. The molecule has 4 saturated carbocycles. The van der Waals surface area contributed by atoms with E-state index in [9.17, 15) is 14.4 Å². The predicted octanol–water partition coefficient (Wildman–Crippen LogP) is 3.35. The maximum absolute atomic E-state index is 13.0. The van der Waals surface area contributed by atoms with Crippen LogP contribution in [0.15, 0.2) is 0 Å². The number of fused-ring (bicyclic) bond motifs is 5. The summed E-state index contributed by atoms with van der Waals surface area (Å²) in [5.41, 5.74) is -0.382. The van der Waals surface area contributed by atoms with Crippen LogP contribution in [0, 0.1) is 34.5 Å². The first-order chi connectivity index (χ1) is 10.4. The van der Waals surface area contributed by atoms with Crippen LogP contribution in [0.2, 0.25) is 0 Å². The summed E-state index contributed by atoms with van der Waals surface area (Å²) in [6, 6.07) is 0. The molecule has 0 aromatic rings. The van der Waals surface area contributed by atoms with E-state index in [1.54, 1.807) is 0 Å². The van der Waals surface area contributed by atoms with Crippen molar-refractivity contribution < 1.29 is 14.4 Å². The van der Waals surface area contributed by atoms with Crippen molar-refractivity contribution in [1.82, 2.24) is 0 Å². The minimum Gasteiger partial charge on any atom is -0.300 e. The summed E-state index contributed by atoms with van der Waals surface area (Å²) in [7, 11) is 0. The zero-order chi connectivity index (χ0) is 15.7. The van der Waals surface area contributed by atoms with Crippen LogP contribution in [0.3, 0.4) is 0 Å². The molecule has 0 unspecified atom stereocenters. The molecule has 4 aliphatic carbocycles. The molecule has 4 aliphatic rings. The molecule has 22 heavy (non-hydrogen) atoms. The smallest absolute Gasteiger partial charge is 0.139 e. The van der Waals surface area contributed by atoms with Gasteiger partial charge in [-0.2, -0.15) is 0 Å². The summed E-state index contributed by atoms with van der Waals surface area (Å²) in [5, 5.41) is 0. The van der Waals surface area contributed by atoms with Crippen molar-refractivity contribution in [3.63, 3.8) is 0 Å². The fraction of sp³-hybridized carbons (Fsp3) is 0.842. The molecule has 0 radical (unpaired) electrons. The molecule has 3 heteroatoms. The quantitative estimate of drug-likeness (QED) is 0.689. The first-order valence-electron chi connectivity index (χ1n) is 8.94. The number of Topliss-reactive ketones (excluding diaryl/α,β-unsaturated/α-hetero) is 3. The monoisotopic (exact) mass is 302 g/mol. The highest BCUT2D eigenvalue weighted by molar-refractivity contribution is 5.95. The van der Waals surface area contributed by atoms with Crippen molar-refractivity contribution in [2.24, 2.45) is 34.5 Å². The molecule has 0 spiro atoms. The van der Waals surface area contributed by atoms with Crippen molar-refractivity contribution in [1.29, 1.82) is 0 Å². The summed E-state index contributed by atoms with van der Waals surface area (Å²) in [5.74, 6) is 2.29. The van der Waals surface area contributed by atoms with Gasteiger partial charge in [-0.25, -0.2) is 0 Å². The second-order valence-corrected chi connectivity index (χ2v) is 8.79. The van der Waals surface area contributed by atoms with Crippen molar-refractivity contribution >= 4 is 17.3 Å². The van der Waals surface area contributed by atoms with Gasteiger partial charge in [-0.05, 0) is 48.9 Å². The Kier molecular flexibility index (Phi) is 3.00. The summed E-state index contributed by atoms with van der Waals surface area (Å²) in [4.78, 5) is 37.2. The number of carbonyl (C=O) groups excluding carboxylic acids is 3. The summed E-state index contributed by atoms with van der Waals surface area (Å²) in [6.07, 6.45) is 6.39. The van der Waals surface area contributed by atoms with Gasteiger partial charge in [-0.3, -0.25) is 14.4 Å². The Morgan fingerprint density at radius 1 is 1.00 bits per heavy atom. The van der Waals surface area contributed by atoms with E-state index < -0.39 is 0 Å². The summed E-state index contributed by atoms with van der Waals surface area (Å²) < 4.78 is 0. The zero-order valence-corrected chi connectivity index (χ0v) is 13.7. The van der Waals surface area contributed by atoms with Gasteiger partial charge in [0.15, 0.2) is 0 Å². The Hall–Kier alpha value is -0.990. The topological polar surface area (TPSA) is 51.2 Å². The third-order valence-electron chi connectivity index (χ3n) is 7.88. The second-order valence-electron chi connectivity index (χ2n) is 8.79. The number of rotatable bonds is 0. The highest BCUT2D eigenvalue weighted by atomic mass is 16.1. The van der Waals surface area contributed by atoms with E-state index in [0.717, 1.165) is 25.7 Å². The van der Waals surface area contributed by atoms with E-state index in [1.165, 1.54) is 0 Å². The van der Waals surface area contributed by atoms with Crippen LogP contribution in [0.5, 0.6) is 0 Å². The van der Waals surface area contributed by atoms with Gasteiger partial charge in [0.25, 0.3) is 0 Å². The molecular weight excluding hydrogens is 276 g/mol. The molecule has 120 valence electrons. The number of carbonyl (C=O) groups is 3. The lowest BCUT2D eigenvalue weighted by molar-refractivity contribution is -0.161. The number of hydrogen-bond donors (Lipinski definition) is 0. The number of ketones is 3.